The van der Waals surface area contributed by atoms with Gasteiger partial charge in [0.1, 0.15) is 0 Å². The van der Waals surface area contributed by atoms with Gasteiger partial charge in [-0.2, -0.15) is 11.8 Å². The average Bonchev–Trinajstić information content (AvgIpc) is 1.89. The zero-order valence-corrected chi connectivity index (χ0v) is 7.21. The highest BCUT2D eigenvalue weighted by Crippen LogP contribution is 2.25. The molecule has 10 heavy (non-hydrogen) atoms. The Morgan fingerprint density at radius 1 is 1.50 bits per heavy atom. The van der Waals surface area contributed by atoms with Gasteiger partial charge >= 0.3 is 0 Å². The van der Waals surface area contributed by atoms with Crippen LogP contribution in [0.4, 0.5) is 0 Å². The number of aliphatic hydroxyl groups is 1. The van der Waals surface area contributed by atoms with Crippen molar-refractivity contribution in [2.24, 2.45) is 0 Å². The highest BCUT2D eigenvalue weighted by atomic mass is 32.2. The summed E-state index contributed by atoms with van der Waals surface area (Å²) in [4.78, 5) is 0. The molecule has 0 aromatic rings. The van der Waals surface area contributed by atoms with E-state index in [4.69, 9.17) is 0 Å². The Bertz CT molecular complexity index is 96.3. The molecule has 0 saturated carbocycles. The summed E-state index contributed by atoms with van der Waals surface area (Å²) in [5.74, 6) is 2.22. The molecule has 0 radical (unpaired) electrons. The van der Waals surface area contributed by atoms with E-state index in [9.17, 15) is 5.11 Å². The summed E-state index contributed by atoms with van der Waals surface area (Å²) in [7, 11) is 1.89. The fraction of sp³-hybridized carbons (Fsp3) is 1.00. The minimum absolute atomic E-state index is 0.403. The van der Waals surface area contributed by atoms with Crippen molar-refractivity contribution in [2.45, 2.75) is 18.4 Å². The van der Waals surface area contributed by atoms with Gasteiger partial charge in [0, 0.05) is 6.54 Å². The predicted octanol–water partition coefficient (Wildman–Crippen LogP) is 0.464. The molecule has 0 aliphatic carbocycles. The van der Waals surface area contributed by atoms with Gasteiger partial charge in [0.2, 0.25) is 0 Å². The first-order valence-electron chi connectivity index (χ1n) is 3.72. The number of thioether (sulfide) groups is 1. The van der Waals surface area contributed by atoms with E-state index < -0.39 is 5.60 Å². The van der Waals surface area contributed by atoms with Crippen LogP contribution in [0.1, 0.15) is 12.8 Å². The van der Waals surface area contributed by atoms with Crippen LogP contribution in [0.3, 0.4) is 0 Å². The Morgan fingerprint density at radius 2 is 2.10 bits per heavy atom. The van der Waals surface area contributed by atoms with E-state index >= 15 is 0 Å². The van der Waals surface area contributed by atoms with Crippen molar-refractivity contribution in [3.8, 4) is 0 Å². The molecule has 0 amide bonds. The summed E-state index contributed by atoms with van der Waals surface area (Å²) in [5, 5.41) is 12.8. The summed E-state index contributed by atoms with van der Waals surface area (Å²) in [6, 6.07) is 0. The molecular formula is C7H15NOS. The number of likely N-dealkylation sites (N-methyl/N-ethyl adjacent to an activating group) is 1. The lowest BCUT2D eigenvalue weighted by molar-refractivity contribution is 0.0342. The van der Waals surface area contributed by atoms with Crippen LogP contribution in [-0.4, -0.2) is 35.8 Å². The highest BCUT2D eigenvalue weighted by molar-refractivity contribution is 7.99. The van der Waals surface area contributed by atoms with E-state index in [2.05, 4.69) is 5.32 Å². The summed E-state index contributed by atoms with van der Waals surface area (Å²) in [5.41, 5.74) is -0.403. The number of hydrogen-bond donors (Lipinski definition) is 2. The SMILES string of the molecule is CNCC1(O)CCSCC1. The largest absolute Gasteiger partial charge is 0.389 e. The minimum Gasteiger partial charge on any atom is -0.389 e. The quantitative estimate of drug-likeness (QED) is 0.617. The Hall–Kier alpha value is 0.270. The first kappa shape index (κ1) is 8.37. The Morgan fingerprint density at radius 3 is 2.60 bits per heavy atom. The fourth-order valence-electron chi connectivity index (χ4n) is 1.26. The lowest BCUT2D eigenvalue weighted by atomic mass is 9.97. The second-order valence-electron chi connectivity index (χ2n) is 2.87. The lowest BCUT2D eigenvalue weighted by Crippen LogP contribution is -2.42. The van der Waals surface area contributed by atoms with Crippen molar-refractivity contribution < 1.29 is 5.11 Å². The molecule has 2 N–H and O–H groups in total. The van der Waals surface area contributed by atoms with Crippen LogP contribution >= 0.6 is 11.8 Å². The molecule has 0 bridgehead atoms. The van der Waals surface area contributed by atoms with Crippen molar-refractivity contribution in [3.63, 3.8) is 0 Å². The summed E-state index contributed by atoms with van der Waals surface area (Å²) >= 11 is 1.94. The van der Waals surface area contributed by atoms with Gasteiger partial charge in [-0.05, 0) is 31.4 Å². The molecule has 0 unspecified atom stereocenters. The van der Waals surface area contributed by atoms with Gasteiger partial charge in [-0.3, -0.25) is 0 Å². The average molecular weight is 161 g/mol. The van der Waals surface area contributed by atoms with Crippen LogP contribution in [0, 0.1) is 0 Å². The van der Waals surface area contributed by atoms with Crippen molar-refractivity contribution in [1.82, 2.24) is 5.32 Å². The maximum atomic E-state index is 9.80. The standard InChI is InChI=1S/C7H15NOS/c1-8-6-7(9)2-4-10-5-3-7/h8-9H,2-6H2,1H3. The van der Waals surface area contributed by atoms with Crippen molar-refractivity contribution in [1.29, 1.82) is 0 Å². The van der Waals surface area contributed by atoms with Crippen molar-refractivity contribution >= 4 is 11.8 Å². The Kier molecular flexibility index (Phi) is 3.01. The topological polar surface area (TPSA) is 32.3 Å². The van der Waals surface area contributed by atoms with Gasteiger partial charge in [0.25, 0.3) is 0 Å². The van der Waals surface area contributed by atoms with E-state index in [1.165, 1.54) is 0 Å². The summed E-state index contributed by atoms with van der Waals surface area (Å²) in [6.45, 7) is 0.744. The van der Waals surface area contributed by atoms with Crippen molar-refractivity contribution in [3.05, 3.63) is 0 Å². The molecular weight excluding hydrogens is 146 g/mol. The van der Waals surface area contributed by atoms with Gasteiger partial charge in [0.05, 0.1) is 5.60 Å². The zero-order valence-electron chi connectivity index (χ0n) is 6.39. The first-order valence-corrected chi connectivity index (χ1v) is 4.87. The molecule has 1 fully saturated rings. The maximum absolute atomic E-state index is 9.80. The molecule has 0 atom stereocenters. The van der Waals surface area contributed by atoms with Crippen molar-refractivity contribution in [2.75, 3.05) is 25.1 Å². The number of rotatable bonds is 2. The third-order valence-electron chi connectivity index (χ3n) is 1.93. The monoisotopic (exact) mass is 161 g/mol. The van der Waals surface area contributed by atoms with Crippen LogP contribution < -0.4 is 5.32 Å². The minimum atomic E-state index is -0.403. The van der Waals surface area contributed by atoms with Gasteiger partial charge in [-0.25, -0.2) is 0 Å². The van der Waals surface area contributed by atoms with Crippen LogP contribution in [0.2, 0.25) is 0 Å². The smallest absolute Gasteiger partial charge is 0.0787 e. The zero-order chi connectivity index (χ0) is 7.45. The molecule has 1 aliphatic heterocycles. The van der Waals surface area contributed by atoms with Crippen LogP contribution in [0.5, 0.6) is 0 Å². The Labute approximate surface area is 66.4 Å². The van der Waals surface area contributed by atoms with Gasteiger partial charge in [-0.1, -0.05) is 0 Å². The molecule has 1 saturated heterocycles. The molecule has 1 rings (SSSR count). The molecule has 0 aromatic heterocycles. The van der Waals surface area contributed by atoms with E-state index in [0.29, 0.717) is 0 Å². The Balaban J connectivity index is 2.32. The molecule has 1 aliphatic rings. The predicted molar refractivity (Wildman–Crippen MR) is 45.4 cm³/mol. The van der Waals surface area contributed by atoms with Crippen LogP contribution in [-0.2, 0) is 0 Å². The normalized spacial score (nSPS) is 24.6. The number of hydrogen-bond acceptors (Lipinski definition) is 3. The van der Waals surface area contributed by atoms with E-state index in [1.54, 1.807) is 0 Å². The molecule has 3 heteroatoms. The maximum Gasteiger partial charge on any atom is 0.0787 e. The second-order valence-corrected chi connectivity index (χ2v) is 4.09. The first-order chi connectivity index (χ1) is 4.77. The van der Waals surface area contributed by atoms with Gasteiger partial charge in [-0.15, -0.1) is 0 Å². The second kappa shape index (κ2) is 3.60. The molecule has 0 spiro atoms. The summed E-state index contributed by atoms with van der Waals surface area (Å²) < 4.78 is 0. The third-order valence-corrected chi connectivity index (χ3v) is 2.91. The number of nitrogens with one attached hydrogen (secondary N) is 1. The van der Waals surface area contributed by atoms with E-state index in [-0.39, 0.29) is 0 Å². The van der Waals surface area contributed by atoms with Gasteiger partial charge < -0.3 is 10.4 Å². The van der Waals surface area contributed by atoms with Crippen LogP contribution in [0.25, 0.3) is 0 Å². The van der Waals surface area contributed by atoms with E-state index in [1.807, 2.05) is 18.8 Å². The van der Waals surface area contributed by atoms with Gasteiger partial charge in [0.15, 0.2) is 0 Å². The third kappa shape index (κ3) is 2.15. The fourth-order valence-corrected chi connectivity index (χ4v) is 2.51. The van der Waals surface area contributed by atoms with E-state index in [0.717, 1.165) is 30.9 Å². The summed E-state index contributed by atoms with van der Waals surface area (Å²) in [6.07, 6.45) is 1.89. The lowest BCUT2D eigenvalue weighted by Gasteiger charge is -2.31. The molecule has 60 valence electrons. The molecule has 0 aromatic carbocycles. The highest BCUT2D eigenvalue weighted by Gasteiger charge is 2.27. The molecule has 2 nitrogen and oxygen atoms in total. The molecule has 1 heterocycles. The van der Waals surface area contributed by atoms with Crippen LogP contribution in [0.15, 0.2) is 0 Å².